The largest absolute Gasteiger partial charge is 0.435 e. The van der Waals surface area contributed by atoms with E-state index in [2.05, 4.69) is 20.4 Å². The van der Waals surface area contributed by atoms with Gasteiger partial charge in [-0.05, 0) is 24.6 Å². The average Bonchev–Trinajstić information content (AvgIpc) is 2.49. The summed E-state index contributed by atoms with van der Waals surface area (Å²) in [7, 11) is 0. The van der Waals surface area contributed by atoms with Crippen molar-refractivity contribution in [2.24, 2.45) is 4.99 Å². The minimum atomic E-state index is -2.92. The molecule has 0 aliphatic carbocycles. The summed E-state index contributed by atoms with van der Waals surface area (Å²) in [6, 6.07) is 5.49. The van der Waals surface area contributed by atoms with Gasteiger partial charge in [-0.3, -0.25) is 0 Å². The molecule has 1 atom stereocenters. The monoisotopic (exact) mass is 337 g/mol. The molecule has 0 aromatic heterocycles. The molecule has 0 heterocycles. The summed E-state index contributed by atoms with van der Waals surface area (Å²) in [5.74, 6) is 0.139. The van der Waals surface area contributed by atoms with E-state index in [-0.39, 0.29) is 18.3 Å². The lowest BCUT2D eigenvalue weighted by Gasteiger charge is -2.16. The Morgan fingerprint density at radius 1 is 1.17 bits per heavy atom. The molecule has 1 unspecified atom stereocenters. The van der Waals surface area contributed by atoms with Gasteiger partial charge in [0.1, 0.15) is 12.3 Å². The summed E-state index contributed by atoms with van der Waals surface area (Å²) < 4.78 is 52.6. The second-order valence-electron chi connectivity index (χ2n) is 4.45. The zero-order valence-electron chi connectivity index (χ0n) is 12.5. The van der Waals surface area contributed by atoms with E-state index in [9.17, 15) is 22.7 Å². The van der Waals surface area contributed by atoms with E-state index in [1.165, 1.54) is 24.3 Å². The molecule has 0 amide bonds. The van der Waals surface area contributed by atoms with Crippen LogP contribution in [0.5, 0.6) is 5.75 Å². The molecule has 1 rings (SSSR count). The van der Waals surface area contributed by atoms with Gasteiger partial charge in [0.05, 0.1) is 6.10 Å². The molecule has 0 aliphatic heterocycles. The topological polar surface area (TPSA) is 65.9 Å². The van der Waals surface area contributed by atoms with Crippen molar-refractivity contribution >= 4 is 5.96 Å². The molecule has 0 saturated carbocycles. The molecule has 130 valence electrons. The van der Waals surface area contributed by atoms with Crippen LogP contribution in [0.25, 0.3) is 0 Å². The first-order chi connectivity index (χ1) is 10.9. The van der Waals surface area contributed by atoms with Crippen molar-refractivity contribution in [1.82, 2.24) is 10.6 Å². The summed E-state index contributed by atoms with van der Waals surface area (Å²) in [5, 5.41) is 15.5. The second kappa shape index (κ2) is 9.88. The second-order valence-corrected chi connectivity index (χ2v) is 4.45. The first kappa shape index (κ1) is 19.0. The number of halogens is 4. The lowest BCUT2D eigenvalue weighted by Crippen LogP contribution is -2.39. The Labute approximate surface area is 131 Å². The van der Waals surface area contributed by atoms with Gasteiger partial charge in [-0.15, -0.1) is 0 Å². The van der Waals surface area contributed by atoms with Crippen molar-refractivity contribution in [3.8, 4) is 5.75 Å². The summed E-state index contributed by atoms with van der Waals surface area (Å²) in [6.45, 7) is -1.29. The molecule has 5 nitrogen and oxygen atoms in total. The number of alkyl halides is 4. The number of hydrogen-bond acceptors (Lipinski definition) is 3. The van der Waals surface area contributed by atoms with Crippen LogP contribution >= 0.6 is 0 Å². The molecule has 0 fully saturated rings. The van der Waals surface area contributed by atoms with Gasteiger partial charge in [0.15, 0.2) is 5.96 Å². The van der Waals surface area contributed by atoms with Crippen LogP contribution in [0.3, 0.4) is 0 Å². The molecule has 23 heavy (non-hydrogen) atoms. The average molecular weight is 337 g/mol. The smallest absolute Gasteiger partial charge is 0.387 e. The van der Waals surface area contributed by atoms with Gasteiger partial charge in [0.25, 0.3) is 6.43 Å². The summed E-state index contributed by atoms with van der Waals surface area (Å²) in [4.78, 5) is 3.66. The summed E-state index contributed by atoms with van der Waals surface area (Å²) >= 11 is 0. The Morgan fingerprint density at radius 3 is 2.35 bits per heavy atom. The molecule has 1 aromatic rings. The maximum atomic E-state index is 12.2. The Kier molecular flexibility index (Phi) is 8.17. The van der Waals surface area contributed by atoms with Gasteiger partial charge in [-0.25, -0.2) is 13.8 Å². The number of benzene rings is 1. The van der Waals surface area contributed by atoms with E-state index in [4.69, 9.17) is 0 Å². The molecular formula is C14H19F4N3O2. The number of hydrogen-bond donors (Lipinski definition) is 3. The minimum Gasteiger partial charge on any atom is -0.435 e. The van der Waals surface area contributed by atoms with Gasteiger partial charge >= 0.3 is 6.61 Å². The van der Waals surface area contributed by atoms with Crippen LogP contribution in [0, 0.1) is 0 Å². The molecule has 0 saturated heterocycles. The van der Waals surface area contributed by atoms with Crippen LogP contribution in [0.15, 0.2) is 29.3 Å². The van der Waals surface area contributed by atoms with Crippen LogP contribution in [-0.4, -0.2) is 43.7 Å². The number of guanidine groups is 1. The van der Waals surface area contributed by atoms with Crippen LogP contribution in [0.2, 0.25) is 0 Å². The summed E-state index contributed by atoms with van der Waals surface area (Å²) in [5.41, 5.74) is 0.462. The van der Waals surface area contributed by atoms with E-state index in [1.54, 1.807) is 6.92 Å². The van der Waals surface area contributed by atoms with Crippen molar-refractivity contribution in [2.75, 3.05) is 19.6 Å². The predicted molar refractivity (Wildman–Crippen MR) is 78.0 cm³/mol. The van der Waals surface area contributed by atoms with Crippen molar-refractivity contribution < 1.29 is 27.4 Å². The maximum Gasteiger partial charge on any atom is 0.387 e. The number of ether oxygens (including phenoxy) is 1. The highest BCUT2D eigenvalue weighted by molar-refractivity contribution is 5.79. The SMILES string of the molecule is CCNC(=NCC(F)F)NCC(O)c1ccc(OC(F)F)cc1. The Hall–Kier alpha value is -2.03. The highest BCUT2D eigenvalue weighted by Crippen LogP contribution is 2.18. The van der Waals surface area contributed by atoms with Gasteiger partial charge < -0.3 is 20.5 Å². The Bertz CT molecular complexity index is 483. The van der Waals surface area contributed by atoms with Crippen LogP contribution < -0.4 is 15.4 Å². The van der Waals surface area contributed by atoms with Crippen LogP contribution in [0.1, 0.15) is 18.6 Å². The molecule has 3 N–H and O–H groups in total. The fourth-order valence-electron chi connectivity index (χ4n) is 1.68. The van der Waals surface area contributed by atoms with Gasteiger partial charge in [-0.2, -0.15) is 8.78 Å². The van der Waals surface area contributed by atoms with E-state index >= 15 is 0 Å². The molecule has 9 heteroatoms. The van der Waals surface area contributed by atoms with Crippen molar-refractivity contribution in [3.63, 3.8) is 0 Å². The van der Waals surface area contributed by atoms with Crippen LogP contribution in [-0.2, 0) is 0 Å². The standard InChI is InChI=1S/C14H19F4N3O2/c1-2-19-14(21-8-12(15)16)20-7-11(22)9-3-5-10(6-4-9)23-13(17)18/h3-6,11-13,22H,2,7-8H2,1H3,(H2,19,20,21). The maximum absolute atomic E-state index is 12.2. The first-order valence-electron chi connectivity index (χ1n) is 6.95. The fraction of sp³-hybridized carbons (Fsp3) is 0.500. The van der Waals surface area contributed by atoms with Crippen LogP contribution in [0.4, 0.5) is 17.6 Å². The molecule has 1 aromatic carbocycles. The number of rotatable bonds is 8. The van der Waals surface area contributed by atoms with Crippen molar-refractivity contribution in [1.29, 1.82) is 0 Å². The molecule has 0 bridgehead atoms. The zero-order chi connectivity index (χ0) is 17.2. The number of nitrogens with zero attached hydrogens (tertiary/aromatic N) is 1. The quantitative estimate of drug-likeness (QED) is 0.386. The summed E-state index contributed by atoms with van der Waals surface area (Å²) in [6.07, 6.45) is -3.52. The highest BCUT2D eigenvalue weighted by atomic mass is 19.3. The van der Waals surface area contributed by atoms with E-state index in [0.29, 0.717) is 12.1 Å². The molecule has 0 aliphatic rings. The number of aliphatic hydroxyl groups excluding tert-OH is 1. The van der Waals surface area contributed by atoms with Crippen molar-refractivity contribution in [3.05, 3.63) is 29.8 Å². The first-order valence-corrected chi connectivity index (χ1v) is 6.95. The van der Waals surface area contributed by atoms with Gasteiger partial charge in [-0.1, -0.05) is 12.1 Å². The number of nitrogens with one attached hydrogen (secondary N) is 2. The Morgan fingerprint density at radius 2 is 1.83 bits per heavy atom. The molecule has 0 spiro atoms. The highest BCUT2D eigenvalue weighted by Gasteiger charge is 2.10. The molecule has 0 radical (unpaired) electrons. The predicted octanol–water partition coefficient (Wildman–Crippen LogP) is 2.14. The number of aliphatic imine (C=N–C) groups is 1. The Balaban J connectivity index is 2.56. The zero-order valence-corrected chi connectivity index (χ0v) is 12.5. The lowest BCUT2D eigenvalue weighted by molar-refractivity contribution is -0.0498. The minimum absolute atomic E-state index is 0.0178. The third kappa shape index (κ3) is 7.68. The lowest BCUT2D eigenvalue weighted by atomic mass is 10.1. The van der Waals surface area contributed by atoms with Crippen molar-refractivity contribution in [2.45, 2.75) is 26.1 Å². The third-order valence-electron chi connectivity index (χ3n) is 2.68. The van der Waals surface area contributed by atoms with E-state index in [0.717, 1.165) is 0 Å². The normalized spacial score (nSPS) is 13.3. The van der Waals surface area contributed by atoms with Gasteiger partial charge in [0, 0.05) is 13.1 Å². The number of aliphatic hydroxyl groups is 1. The van der Waals surface area contributed by atoms with Gasteiger partial charge in [0.2, 0.25) is 0 Å². The fourth-order valence-corrected chi connectivity index (χ4v) is 1.68. The molecular weight excluding hydrogens is 318 g/mol. The van der Waals surface area contributed by atoms with E-state index in [1.807, 2.05) is 0 Å². The van der Waals surface area contributed by atoms with E-state index < -0.39 is 25.7 Å². The third-order valence-corrected chi connectivity index (χ3v) is 2.68.